The summed E-state index contributed by atoms with van der Waals surface area (Å²) in [7, 11) is 1.89. The van der Waals surface area contributed by atoms with E-state index in [-0.39, 0.29) is 6.03 Å². The van der Waals surface area contributed by atoms with Crippen LogP contribution in [0.3, 0.4) is 0 Å². The molecule has 0 aliphatic carbocycles. The van der Waals surface area contributed by atoms with Crippen molar-refractivity contribution in [1.29, 1.82) is 0 Å². The topological polar surface area (TPSA) is 71.8 Å². The quantitative estimate of drug-likeness (QED) is 0.755. The van der Waals surface area contributed by atoms with Gasteiger partial charge in [-0.1, -0.05) is 48.0 Å². The smallest absolute Gasteiger partial charge is 0.320 e. The van der Waals surface area contributed by atoms with Crippen LogP contribution in [0.25, 0.3) is 0 Å². The van der Waals surface area contributed by atoms with Crippen LogP contribution in [0.15, 0.2) is 48.5 Å². The van der Waals surface area contributed by atoms with Crippen molar-refractivity contribution in [2.24, 2.45) is 7.05 Å². The molecule has 2 N–H and O–H groups in total. The number of urea groups is 1. The first-order valence-electron chi connectivity index (χ1n) is 8.51. The summed E-state index contributed by atoms with van der Waals surface area (Å²) in [6, 6.07) is 15.0. The third-order valence-corrected chi connectivity index (χ3v) is 4.42. The van der Waals surface area contributed by atoms with Crippen molar-refractivity contribution in [3.63, 3.8) is 0 Å². The van der Waals surface area contributed by atoms with E-state index in [4.69, 9.17) is 0 Å². The van der Waals surface area contributed by atoms with Crippen LogP contribution in [0, 0.1) is 20.8 Å². The maximum atomic E-state index is 12.6. The molecular formula is C20H23N5O. The normalized spacial score (nSPS) is 11.8. The minimum absolute atomic E-state index is 0.286. The molecule has 3 aromatic rings. The Morgan fingerprint density at radius 3 is 2.38 bits per heavy atom. The molecule has 1 atom stereocenters. The van der Waals surface area contributed by atoms with Crippen molar-refractivity contribution in [3.05, 3.63) is 76.9 Å². The van der Waals surface area contributed by atoms with E-state index in [1.54, 1.807) is 0 Å². The molecular weight excluding hydrogens is 326 g/mol. The number of carbonyl (C=O) groups excluding carboxylic acids is 1. The molecule has 0 unspecified atom stereocenters. The van der Waals surface area contributed by atoms with E-state index in [2.05, 4.69) is 20.8 Å². The molecule has 6 nitrogen and oxygen atoms in total. The Morgan fingerprint density at radius 2 is 1.77 bits per heavy atom. The highest BCUT2D eigenvalue weighted by Crippen LogP contribution is 2.21. The lowest BCUT2D eigenvalue weighted by atomic mass is 10.1. The number of nitrogens with zero attached hydrogens (tertiary/aromatic N) is 3. The van der Waals surface area contributed by atoms with Crippen LogP contribution in [0.4, 0.5) is 10.5 Å². The molecule has 3 rings (SSSR count). The van der Waals surface area contributed by atoms with Gasteiger partial charge >= 0.3 is 6.03 Å². The van der Waals surface area contributed by atoms with Gasteiger partial charge in [-0.15, -0.1) is 10.2 Å². The SMILES string of the molecule is Cc1ccc(NC(=O)N[C@H](c2ccccc2)c2nnc(C)n2C)c(C)c1. The van der Waals surface area contributed by atoms with Crippen LogP contribution < -0.4 is 10.6 Å². The van der Waals surface area contributed by atoms with E-state index >= 15 is 0 Å². The van der Waals surface area contributed by atoms with Gasteiger partial charge < -0.3 is 15.2 Å². The molecule has 134 valence electrons. The minimum Gasteiger partial charge on any atom is -0.324 e. The predicted molar refractivity (Wildman–Crippen MR) is 102 cm³/mol. The summed E-state index contributed by atoms with van der Waals surface area (Å²) in [5, 5.41) is 14.3. The average molecular weight is 349 g/mol. The van der Waals surface area contributed by atoms with Crippen molar-refractivity contribution in [2.45, 2.75) is 26.8 Å². The van der Waals surface area contributed by atoms with E-state index in [1.165, 1.54) is 0 Å². The molecule has 1 heterocycles. The number of aromatic nitrogens is 3. The molecule has 0 spiro atoms. The Labute approximate surface area is 153 Å². The number of aryl methyl sites for hydroxylation is 3. The Morgan fingerprint density at radius 1 is 1.04 bits per heavy atom. The summed E-state index contributed by atoms with van der Waals surface area (Å²) < 4.78 is 1.88. The fourth-order valence-electron chi connectivity index (χ4n) is 2.86. The standard InChI is InChI=1S/C20H23N5O/c1-13-10-11-17(14(2)12-13)21-20(26)22-18(16-8-6-5-7-9-16)19-24-23-15(3)25(19)4/h5-12,18H,1-4H3,(H2,21,22,26)/t18-/m1/s1. The maximum absolute atomic E-state index is 12.6. The summed E-state index contributed by atoms with van der Waals surface area (Å²) in [6.45, 7) is 5.89. The van der Waals surface area contributed by atoms with E-state index in [0.29, 0.717) is 5.82 Å². The second-order valence-corrected chi connectivity index (χ2v) is 6.42. The molecule has 0 fully saturated rings. The van der Waals surface area contributed by atoms with Gasteiger partial charge in [0.15, 0.2) is 5.82 Å². The number of hydrogen-bond donors (Lipinski definition) is 2. The molecule has 2 amide bonds. The van der Waals surface area contributed by atoms with Crippen LogP contribution in [0.2, 0.25) is 0 Å². The molecule has 0 aliphatic heterocycles. The molecule has 0 saturated heterocycles. The highest BCUT2D eigenvalue weighted by atomic mass is 16.2. The number of hydrogen-bond acceptors (Lipinski definition) is 3. The molecule has 0 saturated carbocycles. The van der Waals surface area contributed by atoms with Gasteiger partial charge in [-0.2, -0.15) is 0 Å². The molecule has 1 aromatic heterocycles. The molecule has 0 radical (unpaired) electrons. The highest BCUT2D eigenvalue weighted by molar-refractivity contribution is 5.90. The van der Waals surface area contributed by atoms with Crippen LogP contribution in [0.1, 0.15) is 34.4 Å². The van der Waals surface area contributed by atoms with E-state index in [9.17, 15) is 4.79 Å². The first kappa shape index (κ1) is 17.7. The lowest BCUT2D eigenvalue weighted by molar-refractivity contribution is 0.249. The minimum atomic E-state index is -0.395. The summed E-state index contributed by atoms with van der Waals surface area (Å²) in [5.74, 6) is 1.47. The fraction of sp³-hybridized carbons (Fsp3) is 0.250. The Balaban J connectivity index is 1.86. The van der Waals surface area contributed by atoms with Crippen LogP contribution in [-0.4, -0.2) is 20.8 Å². The largest absolute Gasteiger partial charge is 0.324 e. The number of nitrogens with one attached hydrogen (secondary N) is 2. The summed E-state index contributed by atoms with van der Waals surface area (Å²) >= 11 is 0. The van der Waals surface area contributed by atoms with Gasteiger partial charge in [-0.25, -0.2) is 4.79 Å². The number of benzene rings is 2. The average Bonchev–Trinajstić information content (AvgIpc) is 2.95. The van der Waals surface area contributed by atoms with Crippen molar-refractivity contribution < 1.29 is 4.79 Å². The first-order chi connectivity index (χ1) is 12.5. The third-order valence-electron chi connectivity index (χ3n) is 4.42. The zero-order valence-electron chi connectivity index (χ0n) is 15.4. The van der Waals surface area contributed by atoms with Gasteiger partial charge in [-0.3, -0.25) is 0 Å². The Bertz CT molecular complexity index is 917. The molecule has 0 aliphatic rings. The Hall–Kier alpha value is -3.15. The van der Waals surface area contributed by atoms with Gasteiger partial charge in [0.25, 0.3) is 0 Å². The fourth-order valence-corrected chi connectivity index (χ4v) is 2.86. The molecule has 6 heteroatoms. The van der Waals surface area contributed by atoms with Crippen molar-refractivity contribution in [1.82, 2.24) is 20.1 Å². The zero-order chi connectivity index (χ0) is 18.7. The lowest BCUT2D eigenvalue weighted by Crippen LogP contribution is -2.34. The van der Waals surface area contributed by atoms with E-state index in [0.717, 1.165) is 28.2 Å². The molecule has 0 bridgehead atoms. The second-order valence-electron chi connectivity index (χ2n) is 6.42. The first-order valence-corrected chi connectivity index (χ1v) is 8.51. The van der Waals surface area contributed by atoms with Gasteiger partial charge in [0, 0.05) is 12.7 Å². The monoisotopic (exact) mass is 349 g/mol. The van der Waals surface area contributed by atoms with Crippen LogP contribution in [0.5, 0.6) is 0 Å². The molecule has 2 aromatic carbocycles. The maximum Gasteiger partial charge on any atom is 0.320 e. The summed E-state index contributed by atoms with van der Waals surface area (Å²) in [4.78, 5) is 12.6. The second kappa shape index (κ2) is 7.39. The number of carbonyl (C=O) groups is 1. The van der Waals surface area contributed by atoms with Gasteiger partial charge in [0.1, 0.15) is 11.9 Å². The van der Waals surface area contributed by atoms with Gasteiger partial charge in [0.2, 0.25) is 0 Å². The van der Waals surface area contributed by atoms with Crippen LogP contribution in [-0.2, 0) is 7.05 Å². The van der Waals surface area contributed by atoms with Gasteiger partial charge in [0.05, 0.1) is 0 Å². The van der Waals surface area contributed by atoms with E-state index < -0.39 is 6.04 Å². The number of amides is 2. The summed E-state index contributed by atoms with van der Waals surface area (Å²) in [6.07, 6.45) is 0. The number of rotatable bonds is 4. The third kappa shape index (κ3) is 3.74. The van der Waals surface area contributed by atoms with Crippen molar-refractivity contribution >= 4 is 11.7 Å². The van der Waals surface area contributed by atoms with Crippen molar-refractivity contribution in [2.75, 3.05) is 5.32 Å². The Kier molecular flexibility index (Phi) is 5.02. The van der Waals surface area contributed by atoms with Gasteiger partial charge in [-0.05, 0) is 38.0 Å². The van der Waals surface area contributed by atoms with Crippen molar-refractivity contribution in [3.8, 4) is 0 Å². The van der Waals surface area contributed by atoms with Crippen LogP contribution >= 0.6 is 0 Å². The lowest BCUT2D eigenvalue weighted by Gasteiger charge is -2.19. The number of anilines is 1. The zero-order valence-corrected chi connectivity index (χ0v) is 15.4. The van der Waals surface area contributed by atoms with E-state index in [1.807, 2.05) is 80.9 Å². The summed E-state index contributed by atoms with van der Waals surface area (Å²) in [5.41, 5.74) is 3.91. The highest BCUT2D eigenvalue weighted by Gasteiger charge is 2.22. The molecule has 26 heavy (non-hydrogen) atoms. The predicted octanol–water partition coefficient (Wildman–Crippen LogP) is 3.65.